The van der Waals surface area contributed by atoms with Crippen molar-refractivity contribution in [1.29, 1.82) is 0 Å². The molecule has 314 valence electrons. The van der Waals surface area contributed by atoms with Crippen LogP contribution in [0.5, 0.6) is 0 Å². The van der Waals surface area contributed by atoms with Gasteiger partial charge in [0.15, 0.2) is 0 Å². The van der Waals surface area contributed by atoms with Crippen LogP contribution in [0.3, 0.4) is 0 Å². The molecule has 6 unspecified atom stereocenters. The SMILES string of the molecule is CCC(C)C(NC(=O)C[C@H](O)[C@H](Cc1ccccc1)NC(=O)C(CC(N)=O)NC(=O)C(CC(C)C)NC(=O)C(CO)NC(C)=O)C(=O)NC(C(=O)OC)C(C)C. The fraction of sp³-hybridized carbons (Fsp3) is 0.632. The summed E-state index contributed by atoms with van der Waals surface area (Å²) in [5.74, 6) is -7.09. The molecule has 1 aromatic rings. The Morgan fingerprint density at radius 1 is 0.732 bits per heavy atom. The molecule has 10 N–H and O–H groups in total. The topological polar surface area (TPSA) is 284 Å². The van der Waals surface area contributed by atoms with Crippen molar-refractivity contribution in [3.63, 3.8) is 0 Å². The van der Waals surface area contributed by atoms with E-state index in [1.54, 1.807) is 65.0 Å². The number of rotatable bonds is 24. The lowest BCUT2D eigenvalue weighted by Crippen LogP contribution is -2.59. The lowest BCUT2D eigenvalue weighted by atomic mass is 9.95. The molecule has 0 aromatic heterocycles. The van der Waals surface area contributed by atoms with E-state index in [-0.39, 0.29) is 30.6 Å². The molecule has 0 spiro atoms. The van der Waals surface area contributed by atoms with Gasteiger partial charge in [0.2, 0.25) is 41.4 Å². The number of ether oxygens (including phenoxy) is 1. The summed E-state index contributed by atoms with van der Waals surface area (Å²) in [6.45, 7) is 10.9. The third kappa shape index (κ3) is 17.1. The minimum Gasteiger partial charge on any atom is -0.467 e. The third-order valence-electron chi connectivity index (χ3n) is 8.97. The van der Waals surface area contributed by atoms with Gasteiger partial charge in [0.25, 0.3) is 0 Å². The quantitative estimate of drug-likeness (QED) is 0.0555. The van der Waals surface area contributed by atoms with Crippen LogP contribution in [0.1, 0.15) is 79.7 Å². The highest BCUT2D eigenvalue weighted by Gasteiger charge is 2.35. The predicted octanol–water partition coefficient (Wildman–Crippen LogP) is -1.30. The second-order valence-electron chi connectivity index (χ2n) is 14.6. The molecule has 7 amide bonds. The molecular weight excluding hydrogens is 730 g/mol. The maximum atomic E-state index is 13.8. The molecule has 18 heteroatoms. The number of amides is 7. The van der Waals surface area contributed by atoms with Crippen molar-refractivity contribution in [3.8, 4) is 0 Å². The smallest absolute Gasteiger partial charge is 0.328 e. The van der Waals surface area contributed by atoms with Crippen molar-refractivity contribution in [2.24, 2.45) is 23.5 Å². The Balaban J connectivity index is 3.34. The number of hydrogen-bond acceptors (Lipinski definition) is 11. The molecule has 8 atom stereocenters. The number of carbonyl (C=O) groups is 8. The van der Waals surface area contributed by atoms with Crippen LogP contribution in [-0.4, -0.2) is 114 Å². The molecule has 1 aromatic carbocycles. The van der Waals surface area contributed by atoms with E-state index >= 15 is 0 Å². The van der Waals surface area contributed by atoms with Gasteiger partial charge in [-0.15, -0.1) is 0 Å². The van der Waals surface area contributed by atoms with E-state index in [0.29, 0.717) is 12.0 Å². The Morgan fingerprint density at radius 2 is 1.30 bits per heavy atom. The molecule has 0 fully saturated rings. The molecule has 0 radical (unpaired) electrons. The van der Waals surface area contributed by atoms with Gasteiger partial charge in [0.05, 0.1) is 38.7 Å². The molecule has 0 aliphatic heterocycles. The Kier molecular flexibility index (Phi) is 21.3. The summed E-state index contributed by atoms with van der Waals surface area (Å²) in [5, 5.41) is 36.1. The number of nitrogens with two attached hydrogens (primary N) is 1. The number of aliphatic hydroxyl groups excluding tert-OH is 2. The summed E-state index contributed by atoms with van der Waals surface area (Å²) in [6, 6.07) is 1.23. The van der Waals surface area contributed by atoms with Crippen LogP contribution in [0, 0.1) is 17.8 Å². The van der Waals surface area contributed by atoms with Gasteiger partial charge in [-0.25, -0.2) is 4.79 Å². The summed E-state index contributed by atoms with van der Waals surface area (Å²) < 4.78 is 4.81. The average molecular weight is 792 g/mol. The van der Waals surface area contributed by atoms with Gasteiger partial charge in [0, 0.05) is 6.92 Å². The molecular formula is C38H61N7O11. The van der Waals surface area contributed by atoms with Crippen LogP contribution >= 0.6 is 0 Å². The van der Waals surface area contributed by atoms with Gasteiger partial charge in [-0.05, 0) is 36.2 Å². The molecule has 56 heavy (non-hydrogen) atoms. The normalized spacial score (nSPS) is 15.4. The van der Waals surface area contributed by atoms with Crippen LogP contribution < -0.4 is 37.6 Å². The zero-order valence-corrected chi connectivity index (χ0v) is 33.5. The van der Waals surface area contributed by atoms with Crippen molar-refractivity contribution >= 4 is 47.3 Å². The van der Waals surface area contributed by atoms with Crippen molar-refractivity contribution in [2.45, 2.75) is 123 Å². The first-order valence-electron chi connectivity index (χ1n) is 18.7. The van der Waals surface area contributed by atoms with Crippen molar-refractivity contribution in [2.75, 3.05) is 13.7 Å². The fourth-order valence-corrected chi connectivity index (χ4v) is 5.67. The maximum absolute atomic E-state index is 13.8. The van der Waals surface area contributed by atoms with Crippen LogP contribution in [0.15, 0.2) is 30.3 Å². The van der Waals surface area contributed by atoms with Gasteiger partial charge in [0.1, 0.15) is 30.2 Å². The molecule has 18 nitrogen and oxygen atoms in total. The van der Waals surface area contributed by atoms with Gasteiger partial charge in [-0.2, -0.15) is 0 Å². The standard InChI is InChI=1S/C38H61N7O11/c1-9-22(6)33(37(54)45-32(21(4)5)38(55)56-8)44-31(50)18-29(48)25(16-24-13-11-10-12-14-24)41-35(52)27(17-30(39)49)43-34(51)26(15-20(2)3)42-36(53)28(19-46)40-23(7)47/h10-14,20-22,25-29,32-33,46,48H,9,15-19H2,1-8H3,(H2,39,49)(H,40,47)(H,41,52)(H,42,53)(H,43,51)(H,44,50)(H,45,54)/t22?,25-,26?,27?,28?,29-,32?,33?/m0/s1. The second-order valence-corrected chi connectivity index (χ2v) is 14.6. The summed E-state index contributed by atoms with van der Waals surface area (Å²) in [7, 11) is 1.20. The van der Waals surface area contributed by atoms with Crippen LogP contribution in [-0.2, 0) is 49.5 Å². The second kappa shape index (κ2) is 24.4. The molecule has 0 heterocycles. The number of nitrogens with one attached hydrogen (secondary N) is 6. The molecule has 0 aliphatic rings. The Morgan fingerprint density at radius 3 is 1.80 bits per heavy atom. The summed E-state index contributed by atoms with van der Waals surface area (Å²) in [4.78, 5) is 103. The summed E-state index contributed by atoms with van der Waals surface area (Å²) >= 11 is 0. The lowest BCUT2D eigenvalue weighted by molar-refractivity contribution is -0.147. The molecule has 0 bridgehead atoms. The van der Waals surface area contributed by atoms with Gasteiger partial charge < -0.3 is 52.6 Å². The van der Waals surface area contributed by atoms with Crippen LogP contribution in [0.2, 0.25) is 0 Å². The van der Waals surface area contributed by atoms with E-state index in [1.165, 1.54) is 7.11 Å². The first-order chi connectivity index (χ1) is 26.2. The van der Waals surface area contributed by atoms with E-state index < -0.39 is 109 Å². The highest BCUT2D eigenvalue weighted by Crippen LogP contribution is 2.14. The van der Waals surface area contributed by atoms with Crippen LogP contribution in [0.25, 0.3) is 0 Å². The third-order valence-corrected chi connectivity index (χ3v) is 8.97. The van der Waals surface area contributed by atoms with Crippen molar-refractivity contribution in [3.05, 3.63) is 35.9 Å². The Bertz CT molecular complexity index is 1490. The Labute approximate surface area is 328 Å². The largest absolute Gasteiger partial charge is 0.467 e. The number of methoxy groups -OCH3 is 1. The maximum Gasteiger partial charge on any atom is 0.328 e. The van der Waals surface area contributed by atoms with E-state index in [0.717, 1.165) is 6.92 Å². The van der Waals surface area contributed by atoms with Crippen LogP contribution in [0.4, 0.5) is 0 Å². The molecule has 0 saturated heterocycles. The van der Waals surface area contributed by atoms with Gasteiger partial charge in [-0.1, -0.05) is 78.3 Å². The van der Waals surface area contributed by atoms with E-state index in [9.17, 15) is 48.6 Å². The first kappa shape index (κ1) is 48.9. The monoisotopic (exact) mass is 791 g/mol. The number of primary amides is 1. The highest BCUT2D eigenvalue weighted by atomic mass is 16.5. The molecule has 0 aliphatic carbocycles. The molecule has 0 saturated carbocycles. The number of esters is 1. The zero-order valence-electron chi connectivity index (χ0n) is 33.5. The predicted molar refractivity (Wildman–Crippen MR) is 205 cm³/mol. The zero-order chi connectivity index (χ0) is 42.7. The van der Waals surface area contributed by atoms with Crippen molar-refractivity contribution < 1.29 is 53.3 Å². The minimum absolute atomic E-state index is 0.000465. The number of benzene rings is 1. The highest BCUT2D eigenvalue weighted by molar-refractivity contribution is 5.96. The molecule has 1 rings (SSSR count). The fourth-order valence-electron chi connectivity index (χ4n) is 5.67. The summed E-state index contributed by atoms with van der Waals surface area (Å²) in [6.07, 6.45) is -2.26. The van der Waals surface area contributed by atoms with Crippen molar-refractivity contribution in [1.82, 2.24) is 31.9 Å². The number of carbonyl (C=O) groups excluding carboxylic acids is 8. The first-order valence-corrected chi connectivity index (χ1v) is 18.7. The lowest BCUT2D eigenvalue weighted by Gasteiger charge is -2.29. The number of hydrogen-bond donors (Lipinski definition) is 9. The van der Waals surface area contributed by atoms with E-state index in [1.807, 2.05) is 6.92 Å². The Hall–Kier alpha value is -5.10. The van der Waals surface area contributed by atoms with E-state index in [4.69, 9.17) is 10.5 Å². The number of aliphatic hydroxyl groups is 2. The van der Waals surface area contributed by atoms with E-state index in [2.05, 4.69) is 31.9 Å². The minimum atomic E-state index is -1.59. The van der Waals surface area contributed by atoms with Gasteiger partial charge in [-0.3, -0.25) is 33.6 Å². The summed E-state index contributed by atoms with van der Waals surface area (Å²) in [5.41, 5.74) is 6.09. The average Bonchev–Trinajstić information content (AvgIpc) is 3.12. The van der Waals surface area contributed by atoms with Gasteiger partial charge >= 0.3 is 5.97 Å².